The van der Waals surface area contributed by atoms with Gasteiger partial charge in [-0.3, -0.25) is 0 Å². The van der Waals surface area contributed by atoms with Crippen LogP contribution in [0.5, 0.6) is 0 Å². The van der Waals surface area contributed by atoms with Crippen molar-refractivity contribution in [3.63, 3.8) is 0 Å². The highest BCUT2D eigenvalue weighted by Crippen LogP contribution is 2.46. The first-order valence-corrected chi connectivity index (χ1v) is 14.9. The fraction of sp³-hybridized carbons (Fsp3) is 0.286. The third kappa shape index (κ3) is 3.81. The summed E-state index contributed by atoms with van der Waals surface area (Å²) < 4.78 is 8.63. The van der Waals surface area contributed by atoms with Crippen LogP contribution in [0, 0.1) is 0 Å². The number of unbranched alkanes of at least 4 members (excludes halogenated alkanes) is 5. The van der Waals surface area contributed by atoms with Crippen LogP contribution in [0.15, 0.2) is 54.6 Å². The van der Waals surface area contributed by atoms with Crippen molar-refractivity contribution in [3.05, 3.63) is 59.5 Å². The lowest BCUT2D eigenvalue weighted by Crippen LogP contribution is -1.82. The first-order valence-electron chi connectivity index (χ1n) is 11.7. The number of rotatable bonds is 8. The van der Waals surface area contributed by atoms with Gasteiger partial charge in [-0.1, -0.05) is 69.4 Å². The van der Waals surface area contributed by atoms with Crippen LogP contribution in [0.2, 0.25) is 0 Å². The summed E-state index contributed by atoms with van der Waals surface area (Å²) >= 11 is 7.85. The second-order valence-corrected chi connectivity index (χ2v) is 13.0. The average Bonchev–Trinajstić information content (AvgIpc) is 3.54. The van der Waals surface area contributed by atoms with Gasteiger partial charge in [0.25, 0.3) is 0 Å². The molecule has 0 amide bonds. The number of aryl methyl sites for hydroxylation is 1. The number of thiophene rings is 4. The van der Waals surface area contributed by atoms with Crippen LogP contribution in [-0.4, -0.2) is 0 Å². The molecule has 0 nitrogen and oxygen atoms in total. The molecule has 0 aliphatic carbocycles. The van der Waals surface area contributed by atoms with Gasteiger partial charge in [0.15, 0.2) is 0 Å². The lowest BCUT2D eigenvalue weighted by molar-refractivity contribution is 0.609. The highest BCUT2D eigenvalue weighted by molar-refractivity contribution is 7.36. The minimum atomic E-state index is 1.25. The fourth-order valence-electron chi connectivity index (χ4n) is 4.59. The minimum Gasteiger partial charge on any atom is -0.139 e. The van der Waals surface area contributed by atoms with Crippen LogP contribution in [0.3, 0.4) is 0 Å². The predicted octanol–water partition coefficient (Wildman–Crippen LogP) is 11.1. The van der Waals surface area contributed by atoms with E-state index in [0.29, 0.717) is 0 Å². The summed E-state index contributed by atoms with van der Waals surface area (Å²) in [6, 6.07) is 20.8. The van der Waals surface area contributed by atoms with E-state index >= 15 is 0 Å². The lowest BCUT2D eigenvalue weighted by Gasteiger charge is -1.99. The van der Waals surface area contributed by atoms with Gasteiger partial charge in [-0.2, -0.15) is 0 Å². The van der Waals surface area contributed by atoms with E-state index in [9.17, 15) is 0 Å². The van der Waals surface area contributed by atoms with Crippen molar-refractivity contribution in [2.45, 2.75) is 51.9 Å². The quantitative estimate of drug-likeness (QED) is 0.186. The van der Waals surface area contributed by atoms with Crippen LogP contribution >= 0.6 is 45.3 Å². The molecule has 0 saturated carbocycles. The van der Waals surface area contributed by atoms with Crippen molar-refractivity contribution < 1.29 is 0 Å². The Kier molecular flexibility index (Phi) is 5.80. The Morgan fingerprint density at radius 1 is 0.594 bits per heavy atom. The maximum atomic E-state index is 2.45. The molecule has 0 atom stereocenters. The summed E-state index contributed by atoms with van der Waals surface area (Å²) in [5, 5.41) is 2.82. The molecule has 2 aromatic carbocycles. The van der Waals surface area contributed by atoms with Gasteiger partial charge in [0.05, 0.1) is 9.40 Å². The SMILES string of the molecule is CCCCCCCCc1cc2sc(-c3ccc4c(c3)sc3c5ccccc5sc43)cc2s1. The second-order valence-electron chi connectivity index (χ2n) is 8.64. The molecule has 0 bridgehead atoms. The molecule has 6 aromatic rings. The zero-order valence-corrected chi connectivity index (χ0v) is 21.5. The molecule has 0 N–H and O–H groups in total. The van der Waals surface area contributed by atoms with Gasteiger partial charge in [-0.25, -0.2) is 0 Å². The summed E-state index contributed by atoms with van der Waals surface area (Å²) in [5.41, 5.74) is 1.36. The van der Waals surface area contributed by atoms with Crippen LogP contribution < -0.4 is 0 Å². The van der Waals surface area contributed by atoms with E-state index in [1.54, 1.807) is 4.88 Å². The van der Waals surface area contributed by atoms with Crippen LogP contribution in [0.25, 0.3) is 49.4 Å². The summed E-state index contributed by atoms with van der Waals surface area (Å²) in [6.07, 6.45) is 9.50. The van der Waals surface area contributed by atoms with Crippen molar-refractivity contribution in [2.24, 2.45) is 0 Å². The zero-order valence-electron chi connectivity index (χ0n) is 18.3. The number of hydrogen-bond acceptors (Lipinski definition) is 4. The van der Waals surface area contributed by atoms with Crippen molar-refractivity contribution >= 4 is 84.3 Å². The monoisotopic (exact) mass is 490 g/mol. The molecule has 0 saturated heterocycles. The molecule has 4 heteroatoms. The van der Waals surface area contributed by atoms with Gasteiger partial charge < -0.3 is 0 Å². The van der Waals surface area contributed by atoms with Gasteiger partial charge in [-0.15, -0.1) is 45.3 Å². The first kappa shape index (κ1) is 20.9. The Morgan fingerprint density at radius 3 is 2.22 bits per heavy atom. The van der Waals surface area contributed by atoms with Crippen molar-refractivity contribution in [1.29, 1.82) is 0 Å². The Bertz CT molecular complexity index is 1490. The van der Waals surface area contributed by atoms with E-state index in [1.165, 1.54) is 94.4 Å². The third-order valence-electron chi connectivity index (χ3n) is 6.31. The van der Waals surface area contributed by atoms with E-state index in [2.05, 4.69) is 61.5 Å². The Balaban J connectivity index is 1.24. The molecule has 4 aromatic heterocycles. The third-order valence-corrected chi connectivity index (χ3v) is 11.2. The summed E-state index contributed by atoms with van der Waals surface area (Å²) in [7, 11) is 0. The van der Waals surface area contributed by atoms with E-state index in [-0.39, 0.29) is 0 Å². The second kappa shape index (κ2) is 8.90. The molecule has 0 fully saturated rings. The van der Waals surface area contributed by atoms with E-state index in [0.717, 1.165) is 0 Å². The molecular formula is C28H26S4. The van der Waals surface area contributed by atoms with Gasteiger partial charge in [0.2, 0.25) is 0 Å². The van der Waals surface area contributed by atoms with Crippen molar-refractivity contribution in [3.8, 4) is 10.4 Å². The number of hydrogen-bond donors (Lipinski definition) is 0. The molecule has 32 heavy (non-hydrogen) atoms. The molecule has 4 heterocycles. The normalized spacial score (nSPS) is 12.2. The summed E-state index contributed by atoms with van der Waals surface area (Å²) in [6.45, 7) is 2.29. The van der Waals surface area contributed by atoms with Gasteiger partial charge in [0, 0.05) is 39.3 Å². The first-order chi connectivity index (χ1) is 15.8. The molecule has 0 spiro atoms. The lowest BCUT2D eigenvalue weighted by atomic mass is 10.1. The van der Waals surface area contributed by atoms with E-state index < -0.39 is 0 Å². The predicted molar refractivity (Wildman–Crippen MR) is 150 cm³/mol. The largest absolute Gasteiger partial charge is 0.139 e. The van der Waals surface area contributed by atoms with Crippen LogP contribution in [0.1, 0.15) is 50.3 Å². The van der Waals surface area contributed by atoms with Gasteiger partial charge in [0.1, 0.15) is 0 Å². The van der Waals surface area contributed by atoms with Gasteiger partial charge >= 0.3 is 0 Å². The topological polar surface area (TPSA) is 0 Å². The van der Waals surface area contributed by atoms with Crippen molar-refractivity contribution in [2.75, 3.05) is 0 Å². The highest BCUT2D eigenvalue weighted by Gasteiger charge is 2.14. The van der Waals surface area contributed by atoms with E-state index in [4.69, 9.17) is 0 Å². The smallest absolute Gasteiger partial charge is 0.0542 e. The highest BCUT2D eigenvalue weighted by atomic mass is 32.1. The number of fused-ring (bicyclic) bond motifs is 6. The minimum absolute atomic E-state index is 1.25. The Morgan fingerprint density at radius 2 is 1.34 bits per heavy atom. The maximum Gasteiger partial charge on any atom is 0.0542 e. The van der Waals surface area contributed by atoms with Crippen molar-refractivity contribution in [1.82, 2.24) is 0 Å². The Labute approximate surface area is 205 Å². The maximum absolute atomic E-state index is 2.45. The van der Waals surface area contributed by atoms with Crippen LogP contribution in [-0.2, 0) is 6.42 Å². The fourth-order valence-corrected chi connectivity index (χ4v) is 9.74. The molecule has 6 rings (SSSR count). The molecule has 0 radical (unpaired) electrons. The summed E-state index contributed by atoms with van der Waals surface area (Å²) in [5.74, 6) is 0. The Hall–Kier alpha value is -1.72. The standard InChI is InChI=1S/C28H26S4/c1-2-3-4-5-6-7-10-19-16-25-26(29-19)17-23(30-25)18-13-14-21-24(15-18)32-27-20-11-8-9-12-22(20)31-28(21)27/h8-9,11-17H,2-7,10H2,1H3. The average molecular weight is 491 g/mol. The van der Waals surface area contributed by atoms with Gasteiger partial charge in [-0.05, 0) is 42.7 Å². The molecule has 0 aliphatic rings. The van der Waals surface area contributed by atoms with Crippen LogP contribution in [0.4, 0.5) is 0 Å². The summed E-state index contributed by atoms with van der Waals surface area (Å²) in [4.78, 5) is 2.97. The van der Waals surface area contributed by atoms with E-state index in [1.807, 2.05) is 45.3 Å². The molecule has 0 unspecified atom stereocenters. The zero-order chi connectivity index (χ0) is 21.5. The number of benzene rings is 2. The molecular weight excluding hydrogens is 465 g/mol. The molecule has 0 aliphatic heterocycles. The molecule has 162 valence electrons.